The lowest BCUT2D eigenvalue weighted by Gasteiger charge is -2.01. The highest BCUT2D eigenvalue weighted by Gasteiger charge is 2.07. The quantitative estimate of drug-likeness (QED) is 0.699. The van der Waals surface area contributed by atoms with E-state index in [0.717, 1.165) is 12.1 Å². The van der Waals surface area contributed by atoms with Crippen LogP contribution in [0.15, 0.2) is 36.7 Å². The normalized spacial score (nSPS) is 10.9. The van der Waals surface area contributed by atoms with Crippen LogP contribution < -0.4 is 0 Å². The Bertz CT molecular complexity index is 691. The minimum absolute atomic E-state index is 0.500. The number of halogens is 2. The van der Waals surface area contributed by atoms with Crippen molar-refractivity contribution in [2.75, 3.05) is 0 Å². The van der Waals surface area contributed by atoms with Gasteiger partial charge >= 0.3 is 0 Å². The molecule has 0 saturated heterocycles. The second kappa shape index (κ2) is 3.62. The summed E-state index contributed by atoms with van der Waals surface area (Å²) in [5.74, 6) is -1.76. The number of hydrogen-bond donors (Lipinski definition) is 1. The summed E-state index contributed by atoms with van der Waals surface area (Å²) in [7, 11) is 0. The molecule has 84 valence electrons. The third-order valence-corrected chi connectivity index (χ3v) is 2.48. The minimum atomic E-state index is -0.890. The van der Waals surface area contributed by atoms with Gasteiger partial charge < -0.3 is 4.98 Å². The van der Waals surface area contributed by atoms with Gasteiger partial charge in [-0.2, -0.15) is 0 Å². The largest absolute Gasteiger partial charge is 0.345 e. The zero-order valence-electron chi connectivity index (χ0n) is 8.61. The molecule has 0 fully saturated rings. The van der Waals surface area contributed by atoms with Crippen LogP contribution in [0.4, 0.5) is 8.78 Å². The van der Waals surface area contributed by atoms with Gasteiger partial charge in [0.25, 0.3) is 0 Å². The highest BCUT2D eigenvalue weighted by Crippen LogP contribution is 2.20. The maximum absolute atomic E-state index is 13.1. The molecule has 1 N–H and O–H groups in total. The average molecular weight is 231 g/mol. The lowest BCUT2D eigenvalue weighted by atomic mass is 10.1. The summed E-state index contributed by atoms with van der Waals surface area (Å²) >= 11 is 0. The van der Waals surface area contributed by atoms with Gasteiger partial charge in [0, 0.05) is 11.8 Å². The number of benzene rings is 1. The lowest BCUT2D eigenvalue weighted by molar-refractivity contribution is 0.509. The molecule has 0 radical (unpaired) electrons. The summed E-state index contributed by atoms with van der Waals surface area (Å²) in [4.78, 5) is 11.3. The third-order valence-electron chi connectivity index (χ3n) is 2.48. The summed E-state index contributed by atoms with van der Waals surface area (Å²) in [6.07, 6.45) is 3.24. The van der Waals surface area contributed by atoms with Gasteiger partial charge in [-0.15, -0.1) is 0 Å². The van der Waals surface area contributed by atoms with Crippen LogP contribution in [0.2, 0.25) is 0 Å². The van der Waals surface area contributed by atoms with Crippen LogP contribution in [0.5, 0.6) is 0 Å². The molecular formula is C12H7F2N3. The van der Waals surface area contributed by atoms with Crippen molar-refractivity contribution in [3.8, 4) is 11.3 Å². The van der Waals surface area contributed by atoms with Gasteiger partial charge in [0.15, 0.2) is 17.3 Å². The Morgan fingerprint density at radius 2 is 1.94 bits per heavy atom. The topological polar surface area (TPSA) is 41.6 Å². The molecule has 0 aliphatic carbocycles. The van der Waals surface area contributed by atoms with Crippen LogP contribution in [0.3, 0.4) is 0 Å². The number of hydrogen-bond acceptors (Lipinski definition) is 2. The van der Waals surface area contributed by atoms with E-state index in [9.17, 15) is 8.78 Å². The number of rotatable bonds is 1. The summed E-state index contributed by atoms with van der Waals surface area (Å²) in [6, 6.07) is 5.43. The first-order valence-corrected chi connectivity index (χ1v) is 4.99. The van der Waals surface area contributed by atoms with Crippen molar-refractivity contribution in [3.63, 3.8) is 0 Å². The Kier molecular flexibility index (Phi) is 2.11. The minimum Gasteiger partial charge on any atom is -0.345 e. The Hall–Kier alpha value is -2.30. The SMILES string of the molecule is Fc1ccc(-c2cnc3[nH]ccc3n2)cc1F. The number of nitrogens with zero attached hydrogens (tertiary/aromatic N) is 2. The van der Waals surface area contributed by atoms with Crippen LogP contribution in [0, 0.1) is 11.6 Å². The third kappa shape index (κ3) is 1.65. The van der Waals surface area contributed by atoms with E-state index >= 15 is 0 Å². The molecule has 0 amide bonds. The maximum atomic E-state index is 13.1. The molecule has 0 bridgehead atoms. The van der Waals surface area contributed by atoms with Crippen molar-refractivity contribution in [3.05, 3.63) is 48.3 Å². The summed E-state index contributed by atoms with van der Waals surface area (Å²) in [6.45, 7) is 0. The molecular weight excluding hydrogens is 224 g/mol. The molecule has 5 heteroatoms. The first kappa shape index (κ1) is 9.89. The van der Waals surface area contributed by atoms with E-state index in [1.807, 2.05) is 0 Å². The predicted octanol–water partition coefficient (Wildman–Crippen LogP) is 2.90. The molecule has 17 heavy (non-hydrogen) atoms. The molecule has 2 aromatic heterocycles. The van der Waals surface area contributed by atoms with Crippen molar-refractivity contribution in [2.24, 2.45) is 0 Å². The number of aromatic amines is 1. The number of H-pyrrole nitrogens is 1. The Morgan fingerprint density at radius 1 is 1.06 bits per heavy atom. The molecule has 1 aromatic carbocycles. The van der Waals surface area contributed by atoms with Gasteiger partial charge in [-0.3, -0.25) is 0 Å². The fourth-order valence-electron chi connectivity index (χ4n) is 1.62. The molecule has 2 heterocycles. The van der Waals surface area contributed by atoms with Crippen LogP contribution >= 0.6 is 0 Å². The molecule has 0 aliphatic rings. The van der Waals surface area contributed by atoms with E-state index in [2.05, 4.69) is 15.0 Å². The molecule has 3 nitrogen and oxygen atoms in total. The molecule has 3 aromatic rings. The standard InChI is InChI=1S/C12H7F2N3/c13-8-2-1-7(5-9(8)14)11-6-16-12-10(17-11)3-4-15-12/h1-6H,(H,15,16). The predicted molar refractivity (Wildman–Crippen MR) is 59.2 cm³/mol. The van der Waals surface area contributed by atoms with Gasteiger partial charge in [0.05, 0.1) is 11.9 Å². The average Bonchev–Trinajstić information content (AvgIpc) is 2.79. The van der Waals surface area contributed by atoms with E-state index < -0.39 is 11.6 Å². The summed E-state index contributed by atoms with van der Waals surface area (Å²) in [5.41, 5.74) is 2.36. The Balaban J connectivity index is 2.16. The van der Waals surface area contributed by atoms with Crippen LogP contribution in [-0.4, -0.2) is 15.0 Å². The number of aromatic nitrogens is 3. The zero-order chi connectivity index (χ0) is 11.8. The highest BCUT2D eigenvalue weighted by molar-refractivity contribution is 5.74. The Morgan fingerprint density at radius 3 is 2.76 bits per heavy atom. The maximum Gasteiger partial charge on any atom is 0.159 e. The lowest BCUT2D eigenvalue weighted by Crippen LogP contribution is -1.89. The van der Waals surface area contributed by atoms with Gasteiger partial charge in [-0.1, -0.05) is 0 Å². The highest BCUT2D eigenvalue weighted by atomic mass is 19.2. The van der Waals surface area contributed by atoms with E-state index in [-0.39, 0.29) is 0 Å². The second-order valence-electron chi connectivity index (χ2n) is 3.60. The van der Waals surface area contributed by atoms with Gasteiger partial charge in [0.2, 0.25) is 0 Å². The molecule has 3 rings (SSSR count). The second-order valence-corrected chi connectivity index (χ2v) is 3.60. The van der Waals surface area contributed by atoms with Crippen LogP contribution in [-0.2, 0) is 0 Å². The van der Waals surface area contributed by atoms with Crippen molar-refractivity contribution >= 4 is 11.2 Å². The van der Waals surface area contributed by atoms with Crippen molar-refractivity contribution < 1.29 is 8.78 Å². The van der Waals surface area contributed by atoms with Crippen molar-refractivity contribution in [1.82, 2.24) is 15.0 Å². The smallest absolute Gasteiger partial charge is 0.159 e. The molecule has 0 aliphatic heterocycles. The fraction of sp³-hybridized carbons (Fsp3) is 0. The first-order chi connectivity index (χ1) is 8.24. The Labute approximate surface area is 95.1 Å². The molecule has 0 saturated carbocycles. The summed E-state index contributed by atoms with van der Waals surface area (Å²) < 4.78 is 25.9. The monoisotopic (exact) mass is 231 g/mol. The van der Waals surface area contributed by atoms with Crippen molar-refractivity contribution in [2.45, 2.75) is 0 Å². The van der Waals surface area contributed by atoms with E-state index in [1.165, 1.54) is 12.3 Å². The van der Waals surface area contributed by atoms with E-state index in [0.29, 0.717) is 22.4 Å². The number of nitrogens with one attached hydrogen (secondary N) is 1. The van der Waals surface area contributed by atoms with E-state index in [4.69, 9.17) is 0 Å². The molecule has 0 spiro atoms. The van der Waals surface area contributed by atoms with Gasteiger partial charge in [-0.05, 0) is 24.3 Å². The van der Waals surface area contributed by atoms with Crippen LogP contribution in [0.1, 0.15) is 0 Å². The van der Waals surface area contributed by atoms with Gasteiger partial charge in [0.1, 0.15) is 5.52 Å². The molecule has 0 atom stereocenters. The first-order valence-electron chi connectivity index (χ1n) is 4.99. The van der Waals surface area contributed by atoms with Crippen LogP contribution in [0.25, 0.3) is 22.4 Å². The fourth-order valence-corrected chi connectivity index (χ4v) is 1.62. The van der Waals surface area contributed by atoms with E-state index in [1.54, 1.807) is 12.3 Å². The number of fused-ring (bicyclic) bond motifs is 1. The molecule has 0 unspecified atom stereocenters. The summed E-state index contributed by atoms with van der Waals surface area (Å²) in [5, 5.41) is 0. The van der Waals surface area contributed by atoms with Gasteiger partial charge in [-0.25, -0.2) is 18.7 Å². The zero-order valence-corrected chi connectivity index (χ0v) is 8.61. The van der Waals surface area contributed by atoms with Crippen molar-refractivity contribution in [1.29, 1.82) is 0 Å².